The number of allylic oxidation sites excluding steroid dienone is 1. The van der Waals surface area contributed by atoms with Crippen LogP contribution in [0.4, 0.5) is 0 Å². The predicted molar refractivity (Wildman–Crippen MR) is 216 cm³/mol. The van der Waals surface area contributed by atoms with Crippen LogP contribution in [0.15, 0.2) is 170 Å². The highest BCUT2D eigenvalue weighted by atomic mass is 15.0. The normalized spacial score (nSPS) is 12.6. The average molecular weight is 653 g/mol. The lowest BCUT2D eigenvalue weighted by Gasteiger charge is -2.20. The van der Waals surface area contributed by atoms with Crippen molar-refractivity contribution in [3.63, 3.8) is 0 Å². The Morgan fingerprint density at radius 3 is 1.73 bits per heavy atom. The molecular weight excluding hydrogens is 617 g/mol. The van der Waals surface area contributed by atoms with Crippen LogP contribution in [0.25, 0.3) is 83.5 Å². The van der Waals surface area contributed by atoms with Gasteiger partial charge in [-0.15, -0.1) is 0 Å². The summed E-state index contributed by atoms with van der Waals surface area (Å²) in [7, 11) is 0. The first kappa shape index (κ1) is 29.5. The maximum atomic E-state index is 2.53. The maximum Gasteiger partial charge on any atom is 0.0541 e. The van der Waals surface area contributed by atoms with Crippen molar-refractivity contribution in [1.29, 1.82) is 0 Å². The van der Waals surface area contributed by atoms with Crippen molar-refractivity contribution in [2.45, 2.75) is 19.8 Å². The number of fused-ring (bicyclic) bond motifs is 6. The van der Waals surface area contributed by atoms with Crippen molar-refractivity contribution in [2.24, 2.45) is 0 Å². The largest absolute Gasteiger partial charge is 0.312 e. The molecule has 2 aromatic heterocycles. The number of hydrogen-bond donors (Lipinski definition) is 0. The van der Waals surface area contributed by atoms with Gasteiger partial charge in [0.25, 0.3) is 0 Å². The van der Waals surface area contributed by atoms with Crippen LogP contribution in [0, 0.1) is 6.92 Å². The van der Waals surface area contributed by atoms with E-state index in [4.69, 9.17) is 0 Å². The van der Waals surface area contributed by atoms with E-state index in [2.05, 4.69) is 192 Å². The number of nitrogens with zero attached hydrogens (tertiary/aromatic N) is 2. The Bertz CT molecular complexity index is 2750. The first-order valence-electron chi connectivity index (χ1n) is 17.9. The van der Waals surface area contributed by atoms with Crippen LogP contribution in [-0.4, -0.2) is 9.13 Å². The van der Waals surface area contributed by atoms with Crippen LogP contribution in [0.1, 0.15) is 23.2 Å². The summed E-state index contributed by atoms with van der Waals surface area (Å²) in [6, 6.07) is 60.3. The smallest absolute Gasteiger partial charge is 0.0541 e. The second-order valence-corrected chi connectivity index (χ2v) is 13.8. The molecule has 9 aromatic rings. The van der Waals surface area contributed by atoms with Gasteiger partial charge in [0.15, 0.2) is 0 Å². The number of aryl methyl sites for hydroxylation is 1. The minimum Gasteiger partial charge on any atom is -0.312 e. The molecule has 2 nitrogen and oxygen atoms in total. The quantitative estimate of drug-likeness (QED) is 0.175. The minimum absolute atomic E-state index is 1.02. The third-order valence-electron chi connectivity index (χ3n) is 10.7. The van der Waals surface area contributed by atoms with E-state index in [1.54, 1.807) is 0 Å². The third kappa shape index (κ3) is 4.87. The molecule has 2 heteroatoms. The third-order valence-corrected chi connectivity index (χ3v) is 10.7. The number of aromatic nitrogens is 2. The van der Waals surface area contributed by atoms with E-state index in [1.807, 2.05) is 0 Å². The fourth-order valence-corrected chi connectivity index (χ4v) is 8.28. The Morgan fingerprint density at radius 2 is 1.04 bits per heavy atom. The molecule has 242 valence electrons. The summed E-state index contributed by atoms with van der Waals surface area (Å²) in [5.41, 5.74) is 17.4. The second kappa shape index (κ2) is 11.9. The maximum absolute atomic E-state index is 2.53. The Labute approximate surface area is 298 Å². The van der Waals surface area contributed by atoms with Crippen LogP contribution >= 0.6 is 0 Å². The molecule has 0 spiro atoms. The molecule has 0 saturated carbocycles. The summed E-state index contributed by atoms with van der Waals surface area (Å²) < 4.78 is 4.96. The fourth-order valence-electron chi connectivity index (χ4n) is 8.28. The number of hydrogen-bond acceptors (Lipinski definition) is 0. The van der Waals surface area contributed by atoms with Crippen LogP contribution in [0.5, 0.6) is 0 Å². The van der Waals surface area contributed by atoms with Gasteiger partial charge in [0.05, 0.1) is 22.2 Å². The van der Waals surface area contributed by atoms with Crippen LogP contribution in [-0.2, 0) is 6.42 Å². The zero-order chi connectivity index (χ0) is 33.9. The average Bonchev–Trinajstić information content (AvgIpc) is 3.71. The zero-order valence-corrected chi connectivity index (χ0v) is 28.6. The molecule has 0 atom stereocenters. The molecule has 0 bridgehead atoms. The van der Waals surface area contributed by atoms with Crippen LogP contribution < -0.4 is 0 Å². The molecule has 0 aliphatic heterocycles. The van der Waals surface area contributed by atoms with Crippen molar-refractivity contribution in [2.75, 3.05) is 0 Å². The first-order chi connectivity index (χ1) is 25.2. The van der Waals surface area contributed by atoms with E-state index in [0.29, 0.717) is 0 Å². The SMILES string of the molecule is Cc1cccc(-c2ccc(-c3cccc(-c4cc(-n5c6ccccc6c6ccccc65)ccc4-n4c5c(c6ccccc64)C=CCC5)c3)cc2)c1. The van der Waals surface area contributed by atoms with Gasteiger partial charge in [-0.3, -0.25) is 0 Å². The van der Waals surface area contributed by atoms with Crippen LogP contribution in [0.3, 0.4) is 0 Å². The second-order valence-electron chi connectivity index (χ2n) is 13.8. The summed E-state index contributed by atoms with van der Waals surface area (Å²) in [6.45, 7) is 2.15. The number of para-hydroxylation sites is 3. The van der Waals surface area contributed by atoms with E-state index in [9.17, 15) is 0 Å². The topological polar surface area (TPSA) is 9.86 Å². The predicted octanol–water partition coefficient (Wildman–Crippen LogP) is 13.0. The number of rotatable bonds is 5. The summed E-state index contributed by atoms with van der Waals surface area (Å²) in [4.78, 5) is 0. The molecule has 0 unspecified atom stereocenters. The molecule has 2 heterocycles. The van der Waals surface area contributed by atoms with Gasteiger partial charge in [0.2, 0.25) is 0 Å². The van der Waals surface area contributed by atoms with Crippen molar-refractivity contribution >= 4 is 38.8 Å². The van der Waals surface area contributed by atoms with Gasteiger partial charge in [-0.2, -0.15) is 0 Å². The first-order valence-corrected chi connectivity index (χ1v) is 17.9. The molecule has 1 aliphatic rings. The van der Waals surface area contributed by atoms with Gasteiger partial charge in [0.1, 0.15) is 0 Å². The highest BCUT2D eigenvalue weighted by Gasteiger charge is 2.22. The van der Waals surface area contributed by atoms with Gasteiger partial charge in [-0.25, -0.2) is 0 Å². The Hall–Kier alpha value is -6.38. The molecule has 0 N–H and O–H groups in total. The molecule has 7 aromatic carbocycles. The number of benzene rings is 7. The Morgan fingerprint density at radius 1 is 0.451 bits per heavy atom. The van der Waals surface area contributed by atoms with Crippen LogP contribution in [0.2, 0.25) is 0 Å². The fraction of sp³-hybridized carbons (Fsp3) is 0.0612. The van der Waals surface area contributed by atoms with Gasteiger partial charge < -0.3 is 9.13 Å². The Balaban J connectivity index is 1.19. The minimum atomic E-state index is 1.02. The van der Waals surface area contributed by atoms with Gasteiger partial charge >= 0.3 is 0 Å². The van der Waals surface area contributed by atoms with Gasteiger partial charge in [-0.1, -0.05) is 139 Å². The van der Waals surface area contributed by atoms with Gasteiger partial charge in [-0.05, 0) is 90.0 Å². The Kier molecular flexibility index (Phi) is 6.89. The van der Waals surface area contributed by atoms with E-state index in [-0.39, 0.29) is 0 Å². The van der Waals surface area contributed by atoms with Crippen molar-refractivity contribution < 1.29 is 0 Å². The van der Waals surface area contributed by atoms with E-state index in [1.165, 1.54) is 88.6 Å². The van der Waals surface area contributed by atoms with Gasteiger partial charge in [0, 0.05) is 38.7 Å². The lowest BCUT2D eigenvalue weighted by molar-refractivity contribution is 0.889. The lowest BCUT2D eigenvalue weighted by atomic mass is 9.95. The highest BCUT2D eigenvalue weighted by molar-refractivity contribution is 6.09. The van der Waals surface area contributed by atoms with Crippen molar-refractivity contribution in [3.8, 4) is 44.8 Å². The van der Waals surface area contributed by atoms with E-state index < -0.39 is 0 Å². The van der Waals surface area contributed by atoms with Crippen molar-refractivity contribution in [3.05, 3.63) is 187 Å². The van der Waals surface area contributed by atoms with E-state index in [0.717, 1.165) is 18.5 Å². The molecule has 0 radical (unpaired) electrons. The molecule has 51 heavy (non-hydrogen) atoms. The molecule has 1 aliphatic carbocycles. The summed E-state index contributed by atoms with van der Waals surface area (Å²) in [6.07, 6.45) is 6.71. The summed E-state index contributed by atoms with van der Waals surface area (Å²) in [5.74, 6) is 0. The summed E-state index contributed by atoms with van der Waals surface area (Å²) in [5, 5.41) is 3.85. The molecule has 0 saturated heterocycles. The highest BCUT2D eigenvalue weighted by Crippen LogP contribution is 2.40. The molecule has 10 rings (SSSR count). The standard InChI is InChI=1S/C49H36N2/c1-33-12-10-13-36(30-33)34-24-26-35(27-25-34)37-14-11-15-38(31-37)44-32-39(50-45-20-6-2-16-40(45)41-17-3-7-21-46(41)50)28-29-49(44)51-47-22-8-4-18-42(47)43-19-5-9-23-48(43)51/h2-8,10-22,24-32H,9,23H2,1H3. The monoisotopic (exact) mass is 652 g/mol. The molecule has 0 amide bonds. The van der Waals surface area contributed by atoms with E-state index >= 15 is 0 Å². The van der Waals surface area contributed by atoms with Crippen molar-refractivity contribution in [1.82, 2.24) is 9.13 Å². The lowest BCUT2D eigenvalue weighted by Crippen LogP contribution is -2.05. The zero-order valence-electron chi connectivity index (χ0n) is 28.6. The molecular formula is C49H36N2. The molecule has 0 fully saturated rings. The summed E-state index contributed by atoms with van der Waals surface area (Å²) >= 11 is 0.